The zero-order valence-corrected chi connectivity index (χ0v) is 16.0. The zero-order chi connectivity index (χ0) is 18.1. The highest BCUT2D eigenvalue weighted by Crippen LogP contribution is 2.53. The normalized spacial score (nSPS) is 44.1. The first-order chi connectivity index (χ1) is 13.3. The fourth-order valence-corrected chi connectivity index (χ4v) is 6.89. The number of para-hydroxylation sites is 1. The van der Waals surface area contributed by atoms with Crippen molar-refractivity contribution in [3.63, 3.8) is 0 Å². The SMILES string of the molecule is COc1ccccc1[C@@H]1CN(C(=O)C2[C@H]3CNC[C@@H]23)[C@H]2C3CCN(CC3)[C@@H]12. The van der Waals surface area contributed by atoms with E-state index < -0.39 is 0 Å². The van der Waals surface area contributed by atoms with E-state index in [-0.39, 0.29) is 0 Å². The minimum absolute atomic E-state index is 0.291. The predicted octanol–water partition coefficient (Wildman–Crippen LogP) is 1.55. The number of carbonyl (C=O) groups is 1. The van der Waals surface area contributed by atoms with Gasteiger partial charge in [0.25, 0.3) is 0 Å². The number of nitrogens with zero attached hydrogens (tertiary/aromatic N) is 2. The molecular weight excluding hydrogens is 338 g/mol. The second-order valence-corrected chi connectivity index (χ2v) is 9.21. The average molecular weight is 367 g/mol. The van der Waals surface area contributed by atoms with Crippen LogP contribution in [-0.2, 0) is 4.79 Å². The van der Waals surface area contributed by atoms with E-state index in [9.17, 15) is 4.79 Å². The van der Waals surface area contributed by atoms with Crippen molar-refractivity contribution in [2.75, 3.05) is 39.8 Å². The highest BCUT2D eigenvalue weighted by molar-refractivity contribution is 5.84. The summed E-state index contributed by atoms with van der Waals surface area (Å²) < 4.78 is 5.70. The van der Waals surface area contributed by atoms with Gasteiger partial charge in [0.15, 0.2) is 0 Å². The molecule has 6 fully saturated rings. The molecule has 2 bridgehead atoms. The number of likely N-dealkylation sites (tertiary alicyclic amines) is 1. The van der Waals surface area contributed by atoms with Crippen molar-refractivity contribution in [2.45, 2.75) is 30.8 Å². The van der Waals surface area contributed by atoms with Crippen LogP contribution < -0.4 is 10.1 Å². The van der Waals surface area contributed by atoms with Crippen molar-refractivity contribution in [1.82, 2.24) is 15.1 Å². The van der Waals surface area contributed by atoms with Gasteiger partial charge in [-0.2, -0.15) is 0 Å². The summed E-state index contributed by atoms with van der Waals surface area (Å²) in [6.45, 7) is 5.32. The van der Waals surface area contributed by atoms with Gasteiger partial charge in [-0.25, -0.2) is 0 Å². The average Bonchev–Trinajstić information content (AvgIpc) is 3.08. The molecule has 1 unspecified atom stereocenters. The molecule has 6 atom stereocenters. The molecule has 1 aromatic rings. The van der Waals surface area contributed by atoms with E-state index in [2.05, 4.69) is 33.3 Å². The molecule has 5 aliphatic heterocycles. The number of benzene rings is 1. The van der Waals surface area contributed by atoms with Gasteiger partial charge in [0.2, 0.25) is 5.91 Å². The van der Waals surface area contributed by atoms with Crippen LogP contribution in [0.1, 0.15) is 24.3 Å². The fraction of sp³-hybridized carbons (Fsp3) is 0.682. The maximum Gasteiger partial charge on any atom is 0.226 e. The van der Waals surface area contributed by atoms with Crippen molar-refractivity contribution in [3.8, 4) is 5.75 Å². The van der Waals surface area contributed by atoms with Gasteiger partial charge in [-0.3, -0.25) is 9.69 Å². The molecule has 0 radical (unpaired) electrons. The van der Waals surface area contributed by atoms with Crippen LogP contribution in [0.2, 0.25) is 0 Å². The Hall–Kier alpha value is -1.59. The maximum atomic E-state index is 13.5. The third-order valence-electron chi connectivity index (χ3n) is 8.19. The lowest BCUT2D eigenvalue weighted by Gasteiger charge is -2.51. The third kappa shape index (κ3) is 2.27. The summed E-state index contributed by atoms with van der Waals surface area (Å²) in [5.41, 5.74) is 1.29. The molecule has 6 aliphatic rings. The molecule has 1 N–H and O–H groups in total. The van der Waals surface area contributed by atoms with Crippen LogP contribution in [0.3, 0.4) is 0 Å². The van der Waals surface area contributed by atoms with Crippen molar-refractivity contribution in [3.05, 3.63) is 29.8 Å². The highest BCUT2D eigenvalue weighted by atomic mass is 16.5. The lowest BCUT2D eigenvalue weighted by molar-refractivity contribution is -0.138. The second kappa shape index (κ2) is 5.95. The summed E-state index contributed by atoms with van der Waals surface area (Å²) in [5, 5.41) is 3.43. The van der Waals surface area contributed by atoms with E-state index in [0.717, 1.165) is 25.4 Å². The van der Waals surface area contributed by atoms with Crippen molar-refractivity contribution < 1.29 is 9.53 Å². The molecule has 5 saturated heterocycles. The Balaban J connectivity index is 1.36. The number of hydrogen-bond donors (Lipinski definition) is 1. The number of nitrogens with one attached hydrogen (secondary N) is 1. The molecule has 7 rings (SSSR count). The molecule has 5 heteroatoms. The van der Waals surface area contributed by atoms with Crippen LogP contribution in [-0.4, -0.2) is 67.6 Å². The molecular formula is C22H29N3O2. The standard InChI is InChI=1S/C22H29N3O2/c1-27-18-5-3-2-4-14(18)17-12-25(22(26)19-15-10-23-11-16(15)19)20-13-6-8-24(9-7-13)21(17)20/h2-5,13,15-17,19-21,23H,6-12H2,1H3/t15-,16+,17-,19?,20-,21-/m0/s1. The van der Waals surface area contributed by atoms with Gasteiger partial charge in [0.1, 0.15) is 5.75 Å². The lowest BCUT2D eigenvalue weighted by atomic mass is 9.75. The molecule has 1 aliphatic carbocycles. The van der Waals surface area contributed by atoms with Crippen LogP contribution in [0, 0.1) is 23.7 Å². The number of ether oxygens (including phenoxy) is 1. The minimum atomic E-state index is 0.291. The van der Waals surface area contributed by atoms with E-state index in [1.54, 1.807) is 7.11 Å². The number of amides is 1. The smallest absolute Gasteiger partial charge is 0.226 e. The van der Waals surface area contributed by atoms with Crippen molar-refractivity contribution >= 4 is 5.91 Å². The summed E-state index contributed by atoms with van der Waals surface area (Å²) >= 11 is 0. The first-order valence-electron chi connectivity index (χ1n) is 10.7. The molecule has 0 aromatic heterocycles. The van der Waals surface area contributed by atoms with E-state index in [1.165, 1.54) is 31.5 Å². The van der Waals surface area contributed by atoms with Gasteiger partial charge in [-0.05, 0) is 62.8 Å². The molecule has 144 valence electrons. The Kier molecular flexibility index (Phi) is 3.61. The Morgan fingerprint density at radius 1 is 1.11 bits per heavy atom. The summed E-state index contributed by atoms with van der Waals surface area (Å²) in [6, 6.07) is 9.32. The van der Waals surface area contributed by atoms with E-state index in [0.29, 0.717) is 47.6 Å². The second-order valence-electron chi connectivity index (χ2n) is 9.21. The van der Waals surface area contributed by atoms with E-state index >= 15 is 0 Å². The van der Waals surface area contributed by atoms with Crippen LogP contribution in [0.4, 0.5) is 0 Å². The van der Waals surface area contributed by atoms with Crippen LogP contribution in [0.25, 0.3) is 0 Å². The zero-order valence-electron chi connectivity index (χ0n) is 16.0. The van der Waals surface area contributed by atoms with Gasteiger partial charge in [-0.1, -0.05) is 18.2 Å². The van der Waals surface area contributed by atoms with Gasteiger partial charge < -0.3 is 15.0 Å². The minimum Gasteiger partial charge on any atom is -0.496 e. The number of rotatable bonds is 3. The summed E-state index contributed by atoms with van der Waals surface area (Å²) in [4.78, 5) is 18.5. The Morgan fingerprint density at radius 3 is 2.59 bits per heavy atom. The lowest BCUT2D eigenvalue weighted by Crippen LogP contribution is -2.61. The van der Waals surface area contributed by atoms with Gasteiger partial charge in [-0.15, -0.1) is 0 Å². The molecule has 5 nitrogen and oxygen atoms in total. The first kappa shape index (κ1) is 16.4. The molecule has 27 heavy (non-hydrogen) atoms. The van der Waals surface area contributed by atoms with Gasteiger partial charge in [0, 0.05) is 30.0 Å². The number of methoxy groups -OCH3 is 1. The van der Waals surface area contributed by atoms with Gasteiger partial charge >= 0.3 is 0 Å². The summed E-state index contributed by atoms with van der Waals surface area (Å²) in [6.07, 6.45) is 2.51. The fourth-order valence-electron chi connectivity index (χ4n) is 6.89. The van der Waals surface area contributed by atoms with Crippen LogP contribution in [0.5, 0.6) is 5.75 Å². The number of piperidine rings is 4. The third-order valence-corrected chi connectivity index (χ3v) is 8.19. The van der Waals surface area contributed by atoms with E-state index in [4.69, 9.17) is 4.74 Å². The largest absolute Gasteiger partial charge is 0.496 e. The van der Waals surface area contributed by atoms with Crippen LogP contribution in [0.15, 0.2) is 24.3 Å². The molecule has 0 spiro atoms. The number of fused-ring (bicyclic) bond motifs is 3. The highest BCUT2D eigenvalue weighted by Gasteiger charge is 2.62. The molecule has 1 amide bonds. The topological polar surface area (TPSA) is 44.8 Å². The van der Waals surface area contributed by atoms with Crippen molar-refractivity contribution in [2.24, 2.45) is 23.7 Å². The Bertz CT molecular complexity index is 750. The Labute approximate surface area is 161 Å². The maximum absolute atomic E-state index is 13.5. The monoisotopic (exact) mass is 367 g/mol. The predicted molar refractivity (Wildman–Crippen MR) is 103 cm³/mol. The summed E-state index contributed by atoms with van der Waals surface area (Å²) in [5.74, 6) is 3.97. The van der Waals surface area contributed by atoms with Crippen LogP contribution >= 0.6 is 0 Å². The van der Waals surface area contributed by atoms with E-state index in [1.807, 2.05) is 6.07 Å². The Morgan fingerprint density at radius 2 is 1.85 bits per heavy atom. The summed E-state index contributed by atoms with van der Waals surface area (Å²) in [7, 11) is 1.76. The first-order valence-corrected chi connectivity index (χ1v) is 10.7. The molecule has 5 heterocycles. The molecule has 1 aromatic carbocycles. The number of hydrogen-bond acceptors (Lipinski definition) is 4. The number of carbonyl (C=O) groups excluding carboxylic acids is 1. The molecule has 1 saturated carbocycles. The van der Waals surface area contributed by atoms with Crippen molar-refractivity contribution in [1.29, 1.82) is 0 Å². The quantitative estimate of drug-likeness (QED) is 0.881. The van der Waals surface area contributed by atoms with Gasteiger partial charge in [0.05, 0.1) is 13.2 Å².